The van der Waals surface area contributed by atoms with Crippen LogP contribution in [0, 0.1) is 0 Å². The molecule has 3 aromatic rings. The van der Waals surface area contributed by atoms with Crippen LogP contribution in [0.4, 0.5) is 0 Å². The summed E-state index contributed by atoms with van der Waals surface area (Å²) in [6.45, 7) is 4.56. The van der Waals surface area contributed by atoms with Crippen molar-refractivity contribution in [3.8, 4) is 22.9 Å². The summed E-state index contributed by atoms with van der Waals surface area (Å²) in [6, 6.07) is 8.35. The predicted octanol–water partition coefficient (Wildman–Crippen LogP) is 3.53. The Bertz CT molecular complexity index is 1190. The van der Waals surface area contributed by atoms with Crippen molar-refractivity contribution in [1.82, 2.24) is 20.1 Å². The molecule has 7 nitrogen and oxygen atoms in total. The summed E-state index contributed by atoms with van der Waals surface area (Å²) in [4.78, 5) is 12.3. The molecule has 31 heavy (non-hydrogen) atoms. The summed E-state index contributed by atoms with van der Waals surface area (Å²) in [6.07, 6.45) is 7.24. The minimum Gasteiger partial charge on any atom is -0.507 e. The first kappa shape index (κ1) is 20.0. The van der Waals surface area contributed by atoms with Crippen molar-refractivity contribution in [2.24, 2.45) is 7.05 Å². The van der Waals surface area contributed by atoms with Gasteiger partial charge in [0, 0.05) is 66.3 Å². The van der Waals surface area contributed by atoms with Gasteiger partial charge in [-0.1, -0.05) is 0 Å². The molecule has 4 heterocycles. The first-order chi connectivity index (χ1) is 14.7. The number of aromatic nitrogens is 3. The number of fused-ring (bicyclic) bond motifs is 3. The number of piperidine rings is 2. The zero-order chi connectivity index (χ0) is 21.8. The molecule has 0 aliphatic carbocycles. The summed E-state index contributed by atoms with van der Waals surface area (Å²) < 4.78 is 8.02. The van der Waals surface area contributed by atoms with Gasteiger partial charge < -0.3 is 19.7 Å². The molecule has 2 aliphatic rings. The molecule has 2 saturated heterocycles. The Labute approximate surface area is 181 Å². The van der Waals surface area contributed by atoms with Gasteiger partial charge in [0.2, 0.25) is 5.88 Å². The van der Waals surface area contributed by atoms with Crippen molar-refractivity contribution in [1.29, 1.82) is 0 Å². The lowest BCUT2D eigenvalue weighted by molar-refractivity contribution is 0.00726. The van der Waals surface area contributed by atoms with Crippen LogP contribution in [0.15, 0.2) is 41.3 Å². The van der Waals surface area contributed by atoms with E-state index in [1.165, 1.54) is 12.5 Å². The van der Waals surface area contributed by atoms with Gasteiger partial charge in [-0.3, -0.25) is 4.79 Å². The topological polar surface area (TPSA) is 89.3 Å². The number of phenolic OH excluding ortho intramolecular Hbond substituents is 1. The molecule has 2 aromatic heterocycles. The Morgan fingerprint density at radius 2 is 1.87 bits per heavy atom. The third-order valence-electron chi connectivity index (χ3n) is 6.83. The van der Waals surface area contributed by atoms with Crippen LogP contribution < -0.4 is 15.5 Å². The van der Waals surface area contributed by atoms with Crippen LogP contribution in [-0.2, 0) is 7.05 Å². The number of aromatic hydroxyl groups is 1. The van der Waals surface area contributed by atoms with E-state index in [9.17, 15) is 9.90 Å². The number of phenols is 1. The molecule has 0 amide bonds. The molecule has 1 unspecified atom stereocenters. The molecule has 2 aliphatic heterocycles. The predicted molar refractivity (Wildman–Crippen MR) is 119 cm³/mol. The average Bonchev–Trinajstić information content (AvgIpc) is 2.70. The van der Waals surface area contributed by atoms with Gasteiger partial charge in [0.15, 0.2) is 5.43 Å². The zero-order valence-corrected chi connectivity index (χ0v) is 18.2. The molecule has 0 radical (unpaired) electrons. The molecular formula is C24H28N4O3. The van der Waals surface area contributed by atoms with Gasteiger partial charge in [0.25, 0.3) is 0 Å². The maximum Gasteiger partial charge on any atom is 0.233 e. The molecule has 0 saturated carbocycles. The number of nitrogens with zero attached hydrogens (tertiary/aromatic N) is 3. The van der Waals surface area contributed by atoms with E-state index in [-0.39, 0.29) is 28.4 Å². The molecule has 2 fully saturated rings. The highest BCUT2D eigenvalue weighted by molar-refractivity contribution is 5.87. The molecule has 5 rings (SSSR count). The molecule has 7 heteroatoms. The lowest BCUT2D eigenvalue weighted by atomic mass is 9.70. The highest BCUT2D eigenvalue weighted by atomic mass is 16.5. The second-order valence-electron chi connectivity index (χ2n) is 9.68. The van der Waals surface area contributed by atoms with Crippen molar-refractivity contribution >= 4 is 10.9 Å². The maximum atomic E-state index is 12.3. The van der Waals surface area contributed by atoms with Crippen LogP contribution in [-0.4, -0.2) is 37.1 Å². The van der Waals surface area contributed by atoms with E-state index in [2.05, 4.69) is 29.4 Å². The smallest absolute Gasteiger partial charge is 0.233 e. The van der Waals surface area contributed by atoms with Gasteiger partial charge in [-0.15, -0.1) is 10.2 Å². The lowest BCUT2D eigenvalue weighted by Crippen LogP contribution is -2.65. The minimum absolute atomic E-state index is 0.0590. The van der Waals surface area contributed by atoms with E-state index in [0.29, 0.717) is 28.0 Å². The Morgan fingerprint density at radius 1 is 1.13 bits per heavy atom. The zero-order valence-electron chi connectivity index (χ0n) is 18.2. The molecule has 3 atom stereocenters. The first-order valence-corrected chi connectivity index (χ1v) is 10.9. The van der Waals surface area contributed by atoms with Gasteiger partial charge in [-0.2, -0.15) is 0 Å². The van der Waals surface area contributed by atoms with Crippen molar-refractivity contribution in [2.45, 2.75) is 63.1 Å². The average molecular weight is 421 g/mol. The quantitative estimate of drug-likeness (QED) is 0.674. The maximum absolute atomic E-state index is 12.3. The normalized spacial score (nSPS) is 27.9. The third kappa shape index (κ3) is 3.67. The molecular weight excluding hydrogens is 392 g/mol. The molecule has 0 spiro atoms. The van der Waals surface area contributed by atoms with E-state index >= 15 is 0 Å². The number of nitrogens with one attached hydrogen (secondary N) is 1. The van der Waals surface area contributed by atoms with E-state index < -0.39 is 0 Å². The first-order valence-electron chi connectivity index (χ1n) is 10.9. The SMILES string of the molecule is Cn1ccc(=O)c2cc(-c3ccc(OC4C[C@]5(C)CCC[C@](C)(C4)N5)nn3)c(O)cc21. The van der Waals surface area contributed by atoms with E-state index in [4.69, 9.17) is 4.74 Å². The highest BCUT2D eigenvalue weighted by Gasteiger charge is 2.46. The summed E-state index contributed by atoms with van der Waals surface area (Å²) in [7, 11) is 1.84. The van der Waals surface area contributed by atoms with E-state index in [0.717, 1.165) is 25.7 Å². The number of benzene rings is 1. The summed E-state index contributed by atoms with van der Waals surface area (Å²) in [5, 5.41) is 23.4. The van der Waals surface area contributed by atoms with Crippen LogP contribution in [0.5, 0.6) is 11.6 Å². The lowest BCUT2D eigenvalue weighted by Gasteiger charge is -2.53. The second kappa shape index (κ2) is 7.05. The number of pyridine rings is 1. The highest BCUT2D eigenvalue weighted by Crippen LogP contribution is 2.41. The number of ether oxygens (including phenoxy) is 1. The molecule has 2 N–H and O–H groups in total. The number of rotatable bonds is 3. The summed E-state index contributed by atoms with van der Waals surface area (Å²) in [5.41, 5.74) is 1.75. The van der Waals surface area contributed by atoms with Gasteiger partial charge in [0.05, 0.1) is 11.2 Å². The summed E-state index contributed by atoms with van der Waals surface area (Å²) >= 11 is 0. The fourth-order valence-corrected chi connectivity index (χ4v) is 5.51. The van der Waals surface area contributed by atoms with Crippen molar-refractivity contribution < 1.29 is 9.84 Å². The van der Waals surface area contributed by atoms with Crippen molar-refractivity contribution in [3.63, 3.8) is 0 Å². The second-order valence-corrected chi connectivity index (χ2v) is 9.68. The largest absolute Gasteiger partial charge is 0.507 e. The molecule has 1 aromatic carbocycles. The van der Waals surface area contributed by atoms with Crippen LogP contribution >= 0.6 is 0 Å². The molecule has 2 bridgehead atoms. The van der Waals surface area contributed by atoms with Crippen LogP contribution in [0.2, 0.25) is 0 Å². The number of hydrogen-bond acceptors (Lipinski definition) is 6. The Balaban J connectivity index is 1.40. The Morgan fingerprint density at radius 3 is 2.55 bits per heavy atom. The number of aryl methyl sites for hydroxylation is 1. The molecule has 162 valence electrons. The van der Waals surface area contributed by atoms with Crippen molar-refractivity contribution in [3.05, 3.63) is 46.8 Å². The number of hydrogen-bond donors (Lipinski definition) is 2. The fraction of sp³-hybridized carbons (Fsp3) is 0.458. The van der Waals surface area contributed by atoms with Gasteiger partial charge in [0.1, 0.15) is 11.9 Å². The third-order valence-corrected chi connectivity index (χ3v) is 6.83. The fourth-order valence-electron chi connectivity index (χ4n) is 5.51. The monoisotopic (exact) mass is 420 g/mol. The van der Waals surface area contributed by atoms with Gasteiger partial charge >= 0.3 is 0 Å². The van der Waals surface area contributed by atoms with Gasteiger partial charge in [-0.05, 0) is 45.2 Å². The Kier molecular flexibility index (Phi) is 4.55. The van der Waals surface area contributed by atoms with Crippen LogP contribution in [0.1, 0.15) is 46.0 Å². The summed E-state index contributed by atoms with van der Waals surface area (Å²) in [5.74, 6) is 0.542. The van der Waals surface area contributed by atoms with E-state index in [1.54, 1.807) is 35.0 Å². The Hall–Kier alpha value is -2.93. The standard InChI is InChI=1S/C24H28N4O3/c1-23-8-4-9-24(2,27-23)14-15(13-23)31-22-6-5-18(25-26-22)16-11-17-19(12-21(16)30)28(3)10-7-20(17)29/h5-7,10-12,15,27,30H,4,8-9,13-14H2,1-3H3/t15?,23-,24+. The van der Waals surface area contributed by atoms with Gasteiger partial charge in [-0.25, -0.2) is 0 Å². The minimum atomic E-state index is -0.0966. The van der Waals surface area contributed by atoms with E-state index in [1.807, 2.05) is 7.05 Å². The van der Waals surface area contributed by atoms with Crippen molar-refractivity contribution in [2.75, 3.05) is 0 Å². The van der Waals surface area contributed by atoms with Crippen LogP contribution in [0.3, 0.4) is 0 Å². The van der Waals surface area contributed by atoms with Crippen LogP contribution in [0.25, 0.3) is 22.2 Å².